The van der Waals surface area contributed by atoms with Gasteiger partial charge in [-0.1, -0.05) is 0 Å². The molecule has 2 fully saturated rings. The SMILES string of the molecule is Cc1ncccc1NC1CCN2CCC1C2. The Hall–Kier alpha value is -1.09. The summed E-state index contributed by atoms with van der Waals surface area (Å²) in [5, 5.41) is 3.69. The largest absolute Gasteiger partial charge is 0.380 e. The summed E-state index contributed by atoms with van der Waals surface area (Å²) in [6.07, 6.45) is 4.49. The average molecular weight is 217 g/mol. The maximum Gasteiger partial charge on any atom is 0.0603 e. The Kier molecular flexibility index (Phi) is 2.56. The third kappa shape index (κ3) is 1.80. The van der Waals surface area contributed by atoms with Crippen LogP contribution in [0.2, 0.25) is 0 Å². The van der Waals surface area contributed by atoms with Crippen molar-refractivity contribution >= 4 is 5.69 Å². The molecule has 0 aliphatic carbocycles. The van der Waals surface area contributed by atoms with E-state index in [0.717, 1.165) is 11.6 Å². The number of rotatable bonds is 2. The molecular weight excluding hydrogens is 198 g/mol. The van der Waals surface area contributed by atoms with Crippen molar-refractivity contribution in [2.45, 2.75) is 25.8 Å². The highest BCUT2D eigenvalue weighted by Gasteiger charge is 2.34. The summed E-state index contributed by atoms with van der Waals surface area (Å²) < 4.78 is 0. The van der Waals surface area contributed by atoms with Crippen LogP contribution in [0, 0.1) is 12.8 Å². The molecular formula is C13H19N3. The van der Waals surface area contributed by atoms with E-state index in [2.05, 4.69) is 28.2 Å². The number of nitrogens with one attached hydrogen (secondary N) is 1. The Balaban J connectivity index is 1.73. The molecule has 1 N–H and O–H groups in total. The van der Waals surface area contributed by atoms with E-state index in [1.807, 2.05) is 12.3 Å². The first-order chi connectivity index (χ1) is 7.83. The highest BCUT2D eigenvalue weighted by atomic mass is 15.2. The van der Waals surface area contributed by atoms with Crippen molar-refractivity contribution in [2.24, 2.45) is 5.92 Å². The smallest absolute Gasteiger partial charge is 0.0603 e. The molecule has 1 aromatic rings. The number of nitrogens with zero attached hydrogens (tertiary/aromatic N) is 2. The quantitative estimate of drug-likeness (QED) is 0.820. The van der Waals surface area contributed by atoms with Crippen LogP contribution < -0.4 is 5.32 Å². The van der Waals surface area contributed by atoms with Crippen LogP contribution in [0.1, 0.15) is 18.5 Å². The lowest BCUT2D eigenvalue weighted by Gasteiger charge is -2.31. The van der Waals surface area contributed by atoms with E-state index in [1.54, 1.807) is 0 Å². The van der Waals surface area contributed by atoms with E-state index in [0.29, 0.717) is 6.04 Å². The van der Waals surface area contributed by atoms with Gasteiger partial charge in [-0.05, 0) is 44.4 Å². The monoisotopic (exact) mass is 217 g/mol. The Bertz CT molecular complexity index is 377. The van der Waals surface area contributed by atoms with Crippen LogP contribution in [0.3, 0.4) is 0 Å². The molecule has 0 radical (unpaired) electrons. The lowest BCUT2D eigenvalue weighted by atomic mass is 9.94. The molecule has 3 rings (SSSR count). The van der Waals surface area contributed by atoms with Crippen LogP contribution in [0.4, 0.5) is 5.69 Å². The first-order valence-corrected chi connectivity index (χ1v) is 6.23. The van der Waals surface area contributed by atoms with Gasteiger partial charge in [0, 0.05) is 25.3 Å². The number of aromatic nitrogens is 1. The molecule has 2 aliphatic rings. The van der Waals surface area contributed by atoms with E-state index in [-0.39, 0.29) is 0 Å². The Morgan fingerprint density at radius 1 is 1.38 bits per heavy atom. The van der Waals surface area contributed by atoms with Gasteiger partial charge in [-0.15, -0.1) is 0 Å². The molecule has 0 spiro atoms. The van der Waals surface area contributed by atoms with Gasteiger partial charge in [0.25, 0.3) is 0 Å². The summed E-state index contributed by atoms with van der Waals surface area (Å²) in [6, 6.07) is 4.81. The third-order valence-electron chi connectivity index (χ3n) is 3.98. The van der Waals surface area contributed by atoms with Crippen molar-refractivity contribution in [3.8, 4) is 0 Å². The summed E-state index contributed by atoms with van der Waals surface area (Å²) in [4.78, 5) is 6.92. The van der Waals surface area contributed by atoms with Gasteiger partial charge in [0.1, 0.15) is 0 Å². The molecule has 3 heterocycles. The molecule has 2 bridgehead atoms. The van der Waals surface area contributed by atoms with Crippen LogP contribution in [0.25, 0.3) is 0 Å². The summed E-state index contributed by atoms with van der Waals surface area (Å²) >= 11 is 0. The Morgan fingerprint density at radius 3 is 3.12 bits per heavy atom. The molecule has 3 atom stereocenters. The molecule has 1 aromatic heterocycles. The fourth-order valence-electron chi connectivity index (χ4n) is 2.98. The first kappa shape index (κ1) is 10.1. The summed E-state index contributed by atoms with van der Waals surface area (Å²) in [5.41, 5.74) is 2.33. The predicted octanol–water partition coefficient (Wildman–Crippen LogP) is 1.90. The molecule has 3 nitrogen and oxygen atoms in total. The van der Waals surface area contributed by atoms with E-state index in [9.17, 15) is 0 Å². The molecule has 2 aliphatic heterocycles. The third-order valence-corrected chi connectivity index (χ3v) is 3.98. The molecule has 0 aromatic carbocycles. The van der Waals surface area contributed by atoms with Gasteiger partial charge in [0.15, 0.2) is 0 Å². The second kappa shape index (κ2) is 4.06. The second-order valence-electron chi connectivity index (χ2n) is 5.03. The van der Waals surface area contributed by atoms with Crippen LogP contribution in [0.5, 0.6) is 0 Å². The van der Waals surface area contributed by atoms with Gasteiger partial charge in [0.2, 0.25) is 0 Å². The van der Waals surface area contributed by atoms with Gasteiger partial charge in [-0.25, -0.2) is 0 Å². The van der Waals surface area contributed by atoms with Gasteiger partial charge in [-0.2, -0.15) is 0 Å². The van der Waals surface area contributed by atoms with E-state index in [4.69, 9.17) is 0 Å². The van der Waals surface area contributed by atoms with Crippen LogP contribution >= 0.6 is 0 Å². The molecule has 2 saturated heterocycles. The van der Waals surface area contributed by atoms with Gasteiger partial charge in [-0.3, -0.25) is 4.98 Å². The molecule has 3 heteroatoms. The fourth-order valence-corrected chi connectivity index (χ4v) is 2.98. The second-order valence-corrected chi connectivity index (χ2v) is 5.03. The highest BCUT2D eigenvalue weighted by Crippen LogP contribution is 2.29. The predicted molar refractivity (Wildman–Crippen MR) is 65.5 cm³/mol. The number of hydrogen-bond acceptors (Lipinski definition) is 3. The number of anilines is 1. The summed E-state index contributed by atoms with van der Waals surface area (Å²) in [6.45, 7) is 5.92. The van der Waals surface area contributed by atoms with Crippen molar-refractivity contribution in [1.82, 2.24) is 9.88 Å². The number of hydrogen-bond donors (Lipinski definition) is 1. The van der Waals surface area contributed by atoms with Crippen molar-refractivity contribution in [3.05, 3.63) is 24.0 Å². The van der Waals surface area contributed by atoms with Gasteiger partial charge >= 0.3 is 0 Å². The van der Waals surface area contributed by atoms with Crippen molar-refractivity contribution in [2.75, 3.05) is 25.0 Å². The molecule has 3 unspecified atom stereocenters. The van der Waals surface area contributed by atoms with Crippen LogP contribution in [0.15, 0.2) is 18.3 Å². The van der Waals surface area contributed by atoms with E-state index < -0.39 is 0 Å². The summed E-state index contributed by atoms with van der Waals surface area (Å²) in [5.74, 6) is 0.841. The highest BCUT2D eigenvalue weighted by molar-refractivity contribution is 5.47. The van der Waals surface area contributed by atoms with E-state index >= 15 is 0 Å². The van der Waals surface area contributed by atoms with Crippen LogP contribution in [-0.2, 0) is 0 Å². The standard InChI is InChI=1S/C13H19N3/c1-10-12(3-2-6-14-10)15-13-5-8-16-7-4-11(13)9-16/h2-3,6,11,13,15H,4-5,7-9H2,1H3. The Labute approximate surface area is 96.9 Å². The van der Waals surface area contributed by atoms with Crippen molar-refractivity contribution in [3.63, 3.8) is 0 Å². The minimum atomic E-state index is 0.654. The minimum Gasteiger partial charge on any atom is -0.380 e. The lowest BCUT2D eigenvalue weighted by Crippen LogP contribution is -2.39. The normalized spacial score (nSPS) is 32.7. The zero-order chi connectivity index (χ0) is 11.0. The maximum atomic E-state index is 4.33. The molecule has 0 saturated carbocycles. The first-order valence-electron chi connectivity index (χ1n) is 6.23. The Morgan fingerprint density at radius 2 is 2.25 bits per heavy atom. The molecule has 0 amide bonds. The van der Waals surface area contributed by atoms with Crippen molar-refractivity contribution < 1.29 is 0 Å². The fraction of sp³-hybridized carbons (Fsp3) is 0.615. The zero-order valence-corrected chi connectivity index (χ0v) is 9.82. The van der Waals surface area contributed by atoms with Gasteiger partial charge in [0.05, 0.1) is 11.4 Å². The number of fused-ring (bicyclic) bond motifs is 2. The number of aryl methyl sites for hydroxylation is 1. The summed E-state index contributed by atoms with van der Waals surface area (Å²) in [7, 11) is 0. The molecule has 16 heavy (non-hydrogen) atoms. The molecule has 86 valence electrons. The van der Waals surface area contributed by atoms with Gasteiger partial charge < -0.3 is 10.2 Å². The van der Waals surface area contributed by atoms with E-state index in [1.165, 1.54) is 38.2 Å². The maximum absolute atomic E-state index is 4.33. The number of piperidine rings is 1. The van der Waals surface area contributed by atoms with Crippen LogP contribution in [-0.4, -0.2) is 35.6 Å². The topological polar surface area (TPSA) is 28.2 Å². The zero-order valence-electron chi connectivity index (χ0n) is 9.82. The average Bonchev–Trinajstić information content (AvgIpc) is 2.68. The number of pyridine rings is 1. The minimum absolute atomic E-state index is 0.654. The lowest BCUT2D eigenvalue weighted by molar-refractivity contribution is 0.255. The van der Waals surface area contributed by atoms with Crippen molar-refractivity contribution in [1.29, 1.82) is 0 Å².